The lowest BCUT2D eigenvalue weighted by Crippen LogP contribution is -2.30. The summed E-state index contributed by atoms with van der Waals surface area (Å²) in [5.74, 6) is -0.302. The van der Waals surface area contributed by atoms with Crippen LogP contribution in [0.15, 0.2) is 71.3 Å². The molecule has 0 spiro atoms. The molecule has 3 aromatic carbocycles. The van der Waals surface area contributed by atoms with E-state index in [1.807, 2.05) is 24.7 Å². The molecule has 0 aliphatic carbocycles. The number of halogens is 2. The fourth-order valence-corrected chi connectivity index (χ4v) is 4.37. The molecule has 0 radical (unpaired) electrons. The first-order valence-corrected chi connectivity index (χ1v) is 10.7. The Morgan fingerprint density at radius 3 is 2.34 bits per heavy atom. The highest BCUT2D eigenvalue weighted by molar-refractivity contribution is 6.10. The van der Waals surface area contributed by atoms with Crippen LogP contribution >= 0.6 is 0 Å². The summed E-state index contributed by atoms with van der Waals surface area (Å²) < 4.78 is 36.8. The number of furan rings is 1. The summed E-state index contributed by atoms with van der Waals surface area (Å²) in [6, 6.07) is 18.5. The van der Waals surface area contributed by atoms with E-state index in [0.717, 1.165) is 27.9 Å². The van der Waals surface area contributed by atoms with Crippen LogP contribution in [0.25, 0.3) is 44.3 Å². The van der Waals surface area contributed by atoms with Crippen molar-refractivity contribution < 1.29 is 17.8 Å². The van der Waals surface area contributed by atoms with Gasteiger partial charge in [0.2, 0.25) is 5.69 Å². The summed E-state index contributed by atoms with van der Waals surface area (Å²) in [5.41, 5.74) is 6.71. The van der Waals surface area contributed by atoms with Crippen molar-refractivity contribution in [3.05, 3.63) is 89.6 Å². The van der Waals surface area contributed by atoms with Crippen LogP contribution in [0.1, 0.15) is 30.9 Å². The number of benzene rings is 3. The Morgan fingerprint density at radius 2 is 1.62 bits per heavy atom. The maximum Gasteiger partial charge on any atom is 0.216 e. The molecule has 0 aliphatic rings. The molecule has 2 aromatic heterocycles. The first kappa shape index (κ1) is 20.4. The molecule has 5 aromatic rings. The summed E-state index contributed by atoms with van der Waals surface area (Å²) in [6.45, 7) is 6.23. The summed E-state index contributed by atoms with van der Waals surface area (Å²) in [5, 5.41) is 0.954. The smallest absolute Gasteiger partial charge is 0.216 e. The molecule has 0 saturated carbocycles. The third-order valence-corrected chi connectivity index (χ3v) is 6.17. The fraction of sp³-hybridized carbons (Fsp3) is 0.179. The molecule has 0 unspecified atom stereocenters. The Bertz CT molecular complexity index is 1480. The van der Waals surface area contributed by atoms with Gasteiger partial charge in [-0.2, -0.15) is 0 Å². The van der Waals surface area contributed by atoms with E-state index in [2.05, 4.69) is 50.2 Å². The van der Waals surface area contributed by atoms with Crippen LogP contribution in [-0.4, -0.2) is 0 Å². The van der Waals surface area contributed by atoms with Crippen molar-refractivity contribution in [2.45, 2.75) is 26.7 Å². The number of nitrogens with zero attached hydrogens (tertiary/aromatic N) is 1. The summed E-state index contributed by atoms with van der Waals surface area (Å²) in [7, 11) is 1.96. The molecule has 0 amide bonds. The van der Waals surface area contributed by atoms with E-state index in [9.17, 15) is 8.78 Å². The van der Waals surface area contributed by atoms with E-state index < -0.39 is 5.82 Å². The number of hydrogen-bond acceptors (Lipinski definition) is 1. The topological polar surface area (TPSA) is 17.0 Å². The van der Waals surface area contributed by atoms with E-state index >= 15 is 0 Å². The normalized spacial score (nSPS) is 11.7. The van der Waals surface area contributed by atoms with Gasteiger partial charge in [-0.15, -0.1) is 0 Å². The number of rotatable bonds is 3. The van der Waals surface area contributed by atoms with Gasteiger partial charge in [-0.3, -0.25) is 0 Å². The minimum Gasteiger partial charge on any atom is -0.455 e. The van der Waals surface area contributed by atoms with E-state index in [1.54, 1.807) is 6.07 Å². The van der Waals surface area contributed by atoms with Gasteiger partial charge < -0.3 is 4.42 Å². The van der Waals surface area contributed by atoms with Crippen molar-refractivity contribution in [1.29, 1.82) is 0 Å². The first-order valence-electron chi connectivity index (χ1n) is 10.7. The number of pyridine rings is 1. The lowest BCUT2D eigenvalue weighted by atomic mass is 9.96. The highest BCUT2D eigenvalue weighted by Crippen LogP contribution is 2.39. The lowest BCUT2D eigenvalue weighted by molar-refractivity contribution is -0.660. The van der Waals surface area contributed by atoms with E-state index in [1.165, 1.54) is 23.8 Å². The third kappa shape index (κ3) is 3.27. The Balaban J connectivity index is 1.75. The standard InChI is InChI=1S/C28H24F2NO/c1-16(2)18-5-7-19(8-6-18)20-11-12-31(4)24(14-20)26-17(3)13-23(30)27-22-10-9-21(29)15-25(22)32-28(26)27/h5-16H,1-4H3/q+1. The van der Waals surface area contributed by atoms with Crippen molar-refractivity contribution in [1.82, 2.24) is 0 Å². The summed E-state index contributed by atoms with van der Waals surface area (Å²) >= 11 is 0. The van der Waals surface area contributed by atoms with Crippen molar-refractivity contribution >= 4 is 21.9 Å². The highest BCUT2D eigenvalue weighted by atomic mass is 19.1. The van der Waals surface area contributed by atoms with E-state index in [-0.39, 0.29) is 5.82 Å². The molecule has 5 rings (SSSR count). The molecule has 160 valence electrons. The molecule has 4 heteroatoms. The van der Waals surface area contributed by atoms with Gasteiger partial charge in [0.25, 0.3) is 0 Å². The molecule has 0 atom stereocenters. The van der Waals surface area contributed by atoms with Crippen LogP contribution in [0.3, 0.4) is 0 Å². The summed E-state index contributed by atoms with van der Waals surface area (Å²) in [6.07, 6.45) is 2.00. The van der Waals surface area contributed by atoms with Crippen LogP contribution in [0, 0.1) is 18.6 Å². The number of aryl methyl sites for hydroxylation is 2. The molecule has 2 nitrogen and oxygen atoms in total. The highest BCUT2D eigenvalue weighted by Gasteiger charge is 2.24. The molecule has 32 heavy (non-hydrogen) atoms. The van der Waals surface area contributed by atoms with Crippen LogP contribution in [0.5, 0.6) is 0 Å². The Kier molecular flexibility index (Phi) is 4.81. The minimum atomic E-state index is -0.410. The van der Waals surface area contributed by atoms with Crippen molar-refractivity contribution in [3.63, 3.8) is 0 Å². The average molecular weight is 429 g/mol. The molecule has 0 N–H and O–H groups in total. The Hall–Kier alpha value is -3.53. The molecule has 0 bridgehead atoms. The maximum absolute atomic E-state index is 15.0. The SMILES string of the molecule is Cc1cc(F)c2c(oc3cc(F)ccc32)c1-c1cc(-c2ccc(C(C)C)cc2)cc[n+]1C. The van der Waals surface area contributed by atoms with Gasteiger partial charge in [0.15, 0.2) is 11.8 Å². The average Bonchev–Trinajstić information content (AvgIpc) is 3.13. The van der Waals surface area contributed by atoms with Crippen LogP contribution in [0.2, 0.25) is 0 Å². The van der Waals surface area contributed by atoms with Crippen LogP contribution in [0.4, 0.5) is 8.78 Å². The monoisotopic (exact) mass is 428 g/mol. The van der Waals surface area contributed by atoms with Gasteiger partial charge >= 0.3 is 0 Å². The van der Waals surface area contributed by atoms with Crippen LogP contribution in [-0.2, 0) is 7.05 Å². The predicted octanol–water partition coefficient (Wildman–Crippen LogP) is 7.45. The van der Waals surface area contributed by atoms with Gasteiger partial charge in [-0.25, -0.2) is 13.3 Å². The van der Waals surface area contributed by atoms with Crippen molar-refractivity contribution in [2.75, 3.05) is 0 Å². The van der Waals surface area contributed by atoms with E-state index in [0.29, 0.717) is 27.9 Å². The predicted molar refractivity (Wildman–Crippen MR) is 125 cm³/mol. The zero-order valence-electron chi connectivity index (χ0n) is 18.5. The Labute approximate surface area is 185 Å². The molecular weight excluding hydrogens is 404 g/mol. The van der Waals surface area contributed by atoms with E-state index in [4.69, 9.17) is 4.42 Å². The zero-order chi connectivity index (χ0) is 22.6. The number of fused-ring (bicyclic) bond motifs is 3. The maximum atomic E-state index is 15.0. The zero-order valence-corrected chi connectivity index (χ0v) is 18.5. The van der Waals surface area contributed by atoms with Crippen molar-refractivity contribution in [2.24, 2.45) is 7.05 Å². The second kappa shape index (κ2) is 7.56. The van der Waals surface area contributed by atoms with Crippen molar-refractivity contribution in [3.8, 4) is 22.4 Å². The van der Waals surface area contributed by atoms with Gasteiger partial charge in [0.1, 0.15) is 24.3 Å². The second-order valence-corrected chi connectivity index (χ2v) is 8.69. The molecule has 2 heterocycles. The molecule has 0 saturated heterocycles. The largest absolute Gasteiger partial charge is 0.455 e. The lowest BCUT2D eigenvalue weighted by Gasteiger charge is -2.10. The first-order chi connectivity index (χ1) is 15.3. The quantitative estimate of drug-likeness (QED) is 0.273. The van der Waals surface area contributed by atoms with Gasteiger partial charge in [0, 0.05) is 23.6 Å². The summed E-state index contributed by atoms with van der Waals surface area (Å²) in [4.78, 5) is 0. The van der Waals surface area contributed by atoms with Gasteiger partial charge in [0.05, 0.1) is 10.9 Å². The van der Waals surface area contributed by atoms with Gasteiger partial charge in [-0.05, 0) is 53.3 Å². The molecular formula is C28H24F2NO+. The Morgan fingerprint density at radius 1 is 0.875 bits per heavy atom. The fourth-order valence-electron chi connectivity index (χ4n) is 4.37. The van der Waals surface area contributed by atoms with Gasteiger partial charge in [-0.1, -0.05) is 38.1 Å². The second-order valence-electron chi connectivity index (χ2n) is 8.69. The number of aromatic nitrogens is 1. The number of hydrogen-bond donors (Lipinski definition) is 0. The minimum absolute atomic E-state index is 0.342. The molecule has 0 aliphatic heterocycles. The molecule has 0 fully saturated rings. The third-order valence-electron chi connectivity index (χ3n) is 6.17. The van der Waals surface area contributed by atoms with Crippen LogP contribution < -0.4 is 4.57 Å².